The second-order valence-electron chi connectivity index (χ2n) is 6.87. The van der Waals surface area contributed by atoms with E-state index in [4.69, 9.17) is 11.6 Å². The van der Waals surface area contributed by atoms with Crippen molar-refractivity contribution in [3.63, 3.8) is 0 Å². The van der Waals surface area contributed by atoms with Crippen molar-refractivity contribution >= 4 is 17.4 Å². The maximum absolute atomic E-state index is 12.7. The monoisotopic (exact) mass is 336 g/mol. The molecule has 0 amide bonds. The lowest BCUT2D eigenvalue weighted by Crippen LogP contribution is -2.47. The Morgan fingerprint density at radius 1 is 1.30 bits per heavy atom. The van der Waals surface area contributed by atoms with Gasteiger partial charge in [0.1, 0.15) is 5.78 Å². The summed E-state index contributed by atoms with van der Waals surface area (Å²) in [7, 11) is 4.22. The summed E-state index contributed by atoms with van der Waals surface area (Å²) in [6.45, 7) is 6.18. The molecule has 1 aliphatic heterocycles. The van der Waals surface area contributed by atoms with Crippen LogP contribution < -0.4 is 0 Å². The average Bonchev–Trinajstić information content (AvgIpc) is 2.54. The van der Waals surface area contributed by atoms with E-state index >= 15 is 0 Å². The van der Waals surface area contributed by atoms with Crippen molar-refractivity contribution < 1.29 is 4.79 Å². The lowest BCUT2D eigenvalue weighted by molar-refractivity contribution is -0.126. The number of likely N-dealkylation sites (tertiary alicyclic amines) is 1. The van der Waals surface area contributed by atoms with E-state index in [1.807, 2.05) is 25.1 Å². The van der Waals surface area contributed by atoms with Crippen molar-refractivity contribution in [2.24, 2.45) is 0 Å². The summed E-state index contributed by atoms with van der Waals surface area (Å²) in [4.78, 5) is 17.5. The van der Waals surface area contributed by atoms with E-state index in [9.17, 15) is 4.79 Å². The summed E-state index contributed by atoms with van der Waals surface area (Å²) >= 11 is 6.17. The molecule has 3 nitrogen and oxygen atoms in total. The van der Waals surface area contributed by atoms with Gasteiger partial charge in [0.15, 0.2) is 0 Å². The maximum Gasteiger partial charge on any atom is 0.143 e. The average molecular weight is 337 g/mol. The molecule has 128 valence electrons. The van der Waals surface area contributed by atoms with E-state index in [2.05, 4.69) is 30.0 Å². The van der Waals surface area contributed by atoms with Crippen LogP contribution in [-0.2, 0) is 10.2 Å². The number of rotatable bonds is 7. The fourth-order valence-corrected chi connectivity index (χ4v) is 3.81. The number of benzene rings is 1. The second kappa shape index (κ2) is 8.27. The van der Waals surface area contributed by atoms with Crippen molar-refractivity contribution in [1.29, 1.82) is 0 Å². The van der Waals surface area contributed by atoms with Crippen LogP contribution in [0.4, 0.5) is 0 Å². The van der Waals surface area contributed by atoms with E-state index in [1.54, 1.807) is 0 Å². The van der Waals surface area contributed by atoms with Crippen molar-refractivity contribution in [3.8, 4) is 0 Å². The molecule has 0 radical (unpaired) electrons. The summed E-state index contributed by atoms with van der Waals surface area (Å²) in [5.41, 5.74) is 0.766. The molecule has 0 unspecified atom stereocenters. The largest absolute Gasteiger partial charge is 0.309 e. The number of halogens is 1. The highest BCUT2D eigenvalue weighted by atomic mass is 35.5. The van der Waals surface area contributed by atoms with Gasteiger partial charge in [-0.25, -0.2) is 0 Å². The number of hydrogen-bond acceptors (Lipinski definition) is 3. The van der Waals surface area contributed by atoms with E-state index < -0.39 is 0 Å². The molecule has 1 saturated heterocycles. The van der Waals surface area contributed by atoms with Gasteiger partial charge in [0, 0.05) is 11.4 Å². The van der Waals surface area contributed by atoms with Gasteiger partial charge in [-0.2, -0.15) is 0 Å². The first-order valence-corrected chi connectivity index (χ1v) is 9.02. The maximum atomic E-state index is 12.7. The van der Waals surface area contributed by atoms with Gasteiger partial charge in [-0.05, 0) is 77.2 Å². The molecule has 23 heavy (non-hydrogen) atoms. The third kappa shape index (κ3) is 4.56. The van der Waals surface area contributed by atoms with Crippen molar-refractivity contribution in [1.82, 2.24) is 9.80 Å². The first-order valence-electron chi connectivity index (χ1n) is 8.64. The number of Topliss-reactive ketones (excluding diaryl/α,β-unsaturated/α-hetero) is 1. The molecule has 0 aliphatic carbocycles. The Morgan fingerprint density at radius 3 is 2.57 bits per heavy atom. The molecule has 0 aromatic heterocycles. The highest BCUT2D eigenvalue weighted by molar-refractivity contribution is 6.30. The summed E-state index contributed by atoms with van der Waals surface area (Å²) in [6, 6.07) is 7.90. The smallest absolute Gasteiger partial charge is 0.143 e. The highest BCUT2D eigenvalue weighted by Gasteiger charge is 2.41. The predicted molar refractivity (Wildman–Crippen MR) is 97.3 cm³/mol. The summed E-state index contributed by atoms with van der Waals surface area (Å²) in [5, 5.41) is 0.721. The number of hydrogen-bond donors (Lipinski definition) is 0. The highest BCUT2D eigenvalue weighted by Crippen LogP contribution is 2.38. The molecule has 1 heterocycles. The van der Waals surface area contributed by atoms with Crippen LogP contribution in [0.3, 0.4) is 0 Å². The van der Waals surface area contributed by atoms with E-state index in [-0.39, 0.29) is 5.41 Å². The first-order chi connectivity index (χ1) is 11.0. The Bertz CT molecular complexity index is 522. The van der Waals surface area contributed by atoms with Gasteiger partial charge in [-0.15, -0.1) is 0 Å². The van der Waals surface area contributed by atoms with Crippen LogP contribution >= 0.6 is 11.6 Å². The number of piperidine rings is 1. The van der Waals surface area contributed by atoms with Crippen molar-refractivity contribution in [2.45, 2.75) is 38.0 Å². The van der Waals surface area contributed by atoms with Gasteiger partial charge in [0.05, 0.1) is 5.41 Å². The molecule has 1 aliphatic rings. The number of carbonyl (C=O) groups excluding carboxylic acids is 1. The van der Waals surface area contributed by atoms with Crippen LogP contribution in [0, 0.1) is 0 Å². The summed E-state index contributed by atoms with van der Waals surface area (Å²) in [6.07, 6.45) is 3.58. The summed E-state index contributed by atoms with van der Waals surface area (Å²) in [5.74, 6) is 0.354. The van der Waals surface area contributed by atoms with Gasteiger partial charge in [-0.3, -0.25) is 4.79 Å². The van der Waals surface area contributed by atoms with Crippen LogP contribution in [0.5, 0.6) is 0 Å². The van der Waals surface area contributed by atoms with Gasteiger partial charge in [-0.1, -0.05) is 30.7 Å². The molecule has 0 saturated carbocycles. The minimum atomic E-state index is -0.336. The third-order valence-electron chi connectivity index (χ3n) is 5.02. The molecule has 2 rings (SSSR count). The number of carbonyl (C=O) groups is 1. The fraction of sp³-hybridized carbons (Fsp3) is 0.632. The van der Waals surface area contributed by atoms with Gasteiger partial charge in [0.25, 0.3) is 0 Å². The van der Waals surface area contributed by atoms with Crippen LogP contribution in [0.15, 0.2) is 24.3 Å². The minimum absolute atomic E-state index is 0.336. The number of ketones is 1. The standard InChI is InChI=1S/C19H29ClN2O/c1-4-18(23)19(16-7-5-8-17(20)15-16)9-13-22(14-10-19)12-6-11-21(2)3/h5,7-8,15H,4,6,9-14H2,1-3H3. The molecule has 1 aromatic carbocycles. The molecule has 0 bridgehead atoms. The SMILES string of the molecule is CCC(=O)C1(c2cccc(Cl)c2)CCN(CCCN(C)C)CC1. The molecule has 0 atom stereocenters. The molecule has 1 fully saturated rings. The van der Waals surface area contributed by atoms with Crippen LogP contribution in [0.25, 0.3) is 0 Å². The molecule has 0 N–H and O–H groups in total. The van der Waals surface area contributed by atoms with Crippen LogP contribution in [0.2, 0.25) is 5.02 Å². The molecule has 0 spiro atoms. The van der Waals surface area contributed by atoms with Gasteiger partial charge in [0.2, 0.25) is 0 Å². The minimum Gasteiger partial charge on any atom is -0.309 e. The predicted octanol–water partition coefficient (Wildman–Crippen LogP) is 3.60. The zero-order valence-electron chi connectivity index (χ0n) is 14.6. The molecular weight excluding hydrogens is 308 g/mol. The number of nitrogens with zero attached hydrogens (tertiary/aromatic N) is 2. The first kappa shape index (κ1) is 18.4. The Hall–Kier alpha value is -0.900. The fourth-order valence-electron chi connectivity index (χ4n) is 3.62. The molecule has 4 heteroatoms. The van der Waals surface area contributed by atoms with Crippen molar-refractivity contribution in [3.05, 3.63) is 34.9 Å². The van der Waals surface area contributed by atoms with Gasteiger partial charge < -0.3 is 9.80 Å². The van der Waals surface area contributed by atoms with E-state index in [1.165, 1.54) is 6.42 Å². The van der Waals surface area contributed by atoms with Gasteiger partial charge >= 0.3 is 0 Å². The topological polar surface area (TPSA) is 23.6 Å². The normalized spacial score (nSPS) is 18.3. The van der Waals surface area contributed by atoms with Crippen LogP contribution in [0.1, 0.15) is 38.2 Å². The van der Waals surface area contributed by atoms with E-state index in [0.717, 1.165) is 49.6 Å². The van der Waals surface area contributed by atoms with Crippen LogP contribution in [-0.4, -0.2) is 55.9 Å². The van der Waals surface area contributed by atoms with Crippen molar-refractivity contribution in [2.75, 3.05) is 40.3 Å². The Balaban J connectivity index is 2.07. The lowest BCUT2D eigenvalue weighted by atomic mass is 9.69. The van der Waals surface area contributed by atoms with E-state index in [0.29, 0.717) is 12.2 Å². The Labute approximate surface area is 145 Å². The Morgan fingerprint density at radius 2 is 2.00 bits per heavy atom. The zero-order chi connectivity index (χ0) is 16.9. The Kier molecular flexibility index (Phi) is 6.63. The lowest BCUT2D eigenvalue weighted by Gasteiger charge is -2.41. The molecular formula is C19H29ClN2O. The summed E-state index contributed by atoms with van der Waals surface area (Å²) < 4.78 is 0. The molecule has 1 aromatic rings. The second-order valence-corrected chi connectivity index (χ2v) is 7.30. The zero-order valence-corrected chi connectivity index (χ0v) is 15.4. The quantitative estimate of drug-likeness (QED) is 0.760. The third-order valence-corrected chi connectivity index (χ3v) is 5.26.